The average Bonchev–Trinajstić information content (AvgIpc) is 3.38. The smallest absolute Gasteiger partial charge is 0.269 e. The third-order valence-electron chi connectivity index (χ3n) is 4.85. The zero-order chi connectivity index (χ0) is 20.7. The first-order valence-electron chi connectivity index (χ1n) is 9.26. The Labute approximate surface area is 175 Å². The number of nitrogens with one attached hydrogen (secondary N) is 1. The van der Waals surface area contributed by atoms with Crippen molar-refractivity contribution in [2.75, 3.05) is 7.11 Å². The first-order valence-corrected chi connectivity index (χ1v) is 10.1. The van der Waals surface area contributed by atoms with Crippen LogP contribution in [-0.2, 0) is 7.05 Å². The molecule has 4 heterocycles. The van der Waals surface area contributed by atoms with Gasteiger partial charge in [0.15, 0.2) is 11.6 Å². The molecule has 0 aliphatic rings. The summed E-state index contributed by atoms with van der Waals surface area (Å²) in [5.41, 5.74) is 3.20. The number of methoxy groups -OCH3 is 1. The van der Waals surface area contributed by atoms with E-state index in [0.717, 1.165) is 21.6 Å². The highest BCUT2D eigenvalue weighted by molar-refractivity contribution is 7.22. The molecule has 0 aliphatic carbocycles. The summed E-state index contributed by atoms with van der Waals surface area (Å²) in [6.45, 7) is 0. The molecule has 0 saturated heterocycles. The largest absolute Gasteiger partial charge is 0.481 e. The van der Waals surface area contributed by atoms with Gasteiger partial charge in [-0.1, -0.05) is 30.3 Å². The van der Waals surface area contributed by atoms with Crippen LogP contribution in [0, 0.1) is 0 Å². The summed E-state index contributed by atoms with van der Waals surface area (Å²) in [7, 11) is 3.45. The molecule has 1 N–H and O–H groups in total. The number of imidazole rings is 1. The molecule has 0 unspecified atom stereocenters. The third kappa shape index (κ3) is 2.98. The molecule has 148 valence electrons. The summed E-state index contributed by atoms with van der Waals surface area (Å²) in [5, 5.41) is 0. The normalized spacial score (nSPS) is 11.1. The molecule has 1 aromatic carbocycles. The van der Waals surface area contributed by atoms with Gasteiger partial charge in [0.05, 0.1) is 12.6 Å². The molecule has 0 bridgehead atoms. The fourth-order valence-corrected chi connectivity index (χ4v) is 4.56. The molecule has 0 amide bonds. The zero-order valence-electron chi connectivity index (χ0n) is 16.3. The van der Waals surface area contributed by atoms with Crippen molar-refractivity contribution in [2.24, 2.45) is 7.05 Å². The lowest BCUT2D eigenvalue weighted by Crippen LogP contribution is -2.09. The quantitative estimate of drug-likeness (QED) is 0.477. The highest BCUT2D eigenvalue weighted by Gasteiger charge is 2.21. The predicted molar refractivity (Wildman–Crippen MR) is 118 cm³/mol. The molecule has 0 aliphatic heterocycles. The van der Waals surface area contributed by atoms with Gasteiger partial charge in [-0.05, 0) is 11.6 Å². The van der Waals surface area contributed by atoms with Gasteiger partial charge in [0.25, 0.3) is 5.56 Å². The van der Waals surface area contributed by atoms with E-state index in [1.165, 1.54) is 11.3 Å². The Morgan fingerprint density at radius 2 is 1.90 bits per heavy atom. The Morgan fingerprint density at radius 1 is 1.07 bits per heavy atom. The van der Waals surface area contributed by atoms with Gasteiger partial charge in [-0.15, -0.1) is 11.3 Å². The summed E-state index contributed by atoms with van der Waals surface area (Å²) in [5.74, 6) is 1.56. The summed E-state index contributed by atoms with van der Waals surface area (Å²) < 4.78 is 7.59. The number of nitrogens with zero attached hydrogens (tertiary/aromatic N) is 4. The average molecular weight is 415 g/mol. The maximum atomic E-state index is 13.0. The number of thiophene rings is 1. The summed E-state index contributed by atoms with van der Waals surface area (Å²) in [4.78, 5) is 30.3. The van der Waals surface area contributed by atoms with Crippen LogP contribution in [0.5, 0.6) is 5.88 Å². The van der Waals surface area contributed by atoms with Gasteiger partial charge in [-0.25, -0.2) is 15.0 Å². The van der Waals surface area contributed by atoms with Crippen molar-refractivity contribution < 1.29 is 4.74 Å². The van der Waals surface area contributed by atoms with Crippen LogP contribution in [-0.4, -0.2) is 31.6 Å². The predicted octanol–water partition coefficient (Wildman–Crippen LogP) is 4.12. The van der Waals surface area contributed by atoms with Crippen LogP contribution in [0.1, 0.15) is 0 Å². The number of ether oxygens (including phenoxy) is 1. The Bertz CT molecular complexity index is 1400. The standard InChI is InChI=1S/C22H17N5O2S/c1-27-11-10-23-21(27)20-25-17-16(14-8-9-15(29-2)24-12-14)18(13-6-4-3-5-7-13)30-19(17)22(28)26-20/h3-12H,1-2H3,(H,25,26,28). The van der Waals surface area contributed by atoms with Crippen molar-refractivity contribution in [3.63, 3.8) is 0 Å². The van der Waals surface area contributed by atoms with Crippen molar-refractivity contribution >= 4 is 21.6 Å². The maximum Gasteiger partial charge on any atom is 0.269 e. The number of aromatic nitrogens is 5. The molecular formula is C22H17N5O2S. The minimum atomic E-state index is -0.187. The van der Waals surface area contributed by atoms with Gasteiger partial charge in [0.1, 0.15) is 4.70 Å². The molecule has 30 heavy (non-hydrogen) atoms. The van der Waals surface area contributed by atoms with E-state index in [2.05, 4.69) is 15.0 Å². The van der Waals surface area contributed by atoms with Crippen LogP contribution in [0.2, 0.25) is 0 Å². The van der Waals surface area contributed by atoms with Gasteiger partial charge in [0, 0.05) is 47.7 Å². The molecule has 0 atom stereocenters. The third-order valence-corrected chi connectivity index (χ3v) is 6.07. The highest BCUT2D eigenvalue weighted by Crippen LogP contribution is 2.43. The molecule has 0 saturated carbocycles. The molecule has 8 heteroatoms. The number of hydrogen-bond donors (Lipinski definition) is 1. The number of H-pyrrole nitrogens is 1. The van der Waals surface area contributed by atoms with Crippen molar-refractivity contribution in [3.05, 3.63) is 71.4 Å². The number of hydrogen-bond acceptors (Lipinski definition) is 6. The Morgan fingerprint density at radius 3 is 2.57 bits per heavy atom. The summed E-state index contributed by atoms with van der Waals surface area (Å²) in [6.07, 6.45) is 5.24. The second-order valence-electron chi connectivity index (χ2n) is 6.72. The minimum Gasteiger partial charge on any atom is -0.481 e. The van der Waals surface area contributed by atoms with E-state index in [9.17, 15) is 4.79 Å². The molecule has 5 aromatic rings. The summed E-state index contributed by atoms with van der Waals surface area (Å²) >= 11 is 1.43. The number of pyridine rings is 1. The van der Waals surface area contributed by atoms with Crippen LogP contribution in [0.4, 0.5) is 0 Å². The zero-order valence-corrected chi connectivity index (χ0v) is 17.1. The number of rotatable bonds is 4. The van der Waals surface area contributed by atoms with Gasteiger partial charge >= 0.3 is 0 Å². The number of aryl methyl sites for hydroxylation is 1. The topological polar surface area (TPSA) is 85.7 Å². The van der Waals surface area contributed by atoms with Crippen LogP contribution >= 0.6 is 11.3 Å². The lowest BCUT2D eigenvalue weighted by molar-refractivity contribution is 0.398. The molecule has 0 fully saturated rings. The molecule has 5 rings (SSSR count). The van der Waals surface area contributed by atoms with E-state index in [0.29, 0.717) is 27.7 Å². The number of fused-ring (bicyclic) bond motifs is 1. The van der Waals surface area contributed by atoms with E-state index in [4.69, 9.17) is 9.72 Å². The molecule has 4 aromatic heterocycles. The first kappa shape index (κ1) is 18.3. The summed E-state index contributed by atoms with van der Waals surface area (Å²) in [6, 6.07) is 13.7. The molecule has 7 nitrogen and oxygen atoms in total. The van der Waals surface area contributed by atoms with Crippen molar-refractivity contribution in [2.45, 2.75) is 0 Å². The molecule has 0 radical (unpaired) electrons. The molecule has 0 spiro atoms. The van der Waals surface area contributed by atoms with Crippen LogP contribution < -0.4 is 10.3 Å². The van der Waals surface area contributed by atoms with Crippen molar-refractivity contribution in [1.82, 2.24) is 24.5 Å². The van der Waals surface area contributed by atoms with E-state index in [1.807, 2.05) is 54.2 Å². The fraction of sp³-hybridized carbons (Fsp3) is 0.0909. The second-order valence-corrected chi connectivity index (χ2v) is 7.74. The van der Waals surface area contributed by atoms with E-state index in [-0.39, 0.29) is 5.56 Å². The lowest BCUT2D eigenvalue weighted by Gasteiger charge is -2.07. The Balaban J connectivity index is 1.84. The van der Waals surface area contributed by atoms with Crippen molar-refractivity contribution in [3.8, 4) is 39.1 Å². The lowest BCUT2D eigenvalue weighted by atomic mass is 10.0. The van der Waals surface area contributed by atoms with Crippen LogP contribution in [0.3, 0.4) is 0 Å². The first-order chi connectivity index (χ1) is 14.7. The van der Waals surface area contributed by atoms with Gasteiger partial charge < -0.3 is 14.3 Å². The fourth-order valence-electron chi connectivity index (χ4n) is 3.40. The maximum absolute atomic E-state index is 13.0. The minimum absolute atomic E-state index is 0.187. The van der Waals surface area contributed by atoms with Crippen LogP contribution in [0.25, 0.3) is 43.4 Å². The SMILES string of the molecule is COc1ccc(-c2c(-c3ccccc3)sc3c(=O)[nH]c(-c4nccn4C)nc23)cn1. The monoisotopic (exact) mass is 415 g/mol. The Hall–Kier alpha value is -3.78. The van der Waals surface area contributed by atoms with Gasteiger partial charge in [0.2, 0.25) is 5.88 Å². The van der Waals surface area contributed by atoms with E-state index >= 15 is 0 Å². The van der Waals surface area contributed by atoms with Gasteiger partial charge in [-0.3, -0.25) is 4.79 Å². The molecular weight excluding hydrogens is 398 g/mol. The van der Waals surface area contributed by atoms with Crippen LogP contribution in [0.15, 0.2) is 65.8 Å². The van der Waals surface area contributed by atoms with Crippen molar-refractivity contribution in [1.29, 1.82) is 0 Å². The second kappa shape index (κ2) is 7.23. The highest BCUT2D eigenvalue weighted by atomic mass is 32.1. The number of aromatic amines is 1. The van der Waals surface area contributed by atoms with E-state index < -0.39 is 0 Å². The van der Waals surface area contributed by atoms with E-state index in [1.54, 1.807) is 25.6 Å². The van der Waals surface area contributed by atoms with Gasteiger partial charge in [-0.2, -0.15) is 0 Å². The number of benzene rings is 1. The Kier molecular flexibility index (Phi) is 4.40.